The van der Waals surface area contributed by atoms with E-state index in [1.54, 1.807) is 29.2 Å². The second-order valence-electron chi connectivity index (χ2n) is 9.19. The van der Waals surface area contributed by atoms with Crippen molar-refractivity contribution < 1.29 is 19.4 Å². The molecule has 1 N–H and O–H groups in total. The van der Waals surface area contributed by atoms with Gasteiger partial charge in [0.25, 0.3) is 11.7 Å². The second-order valence-corrected chi connectivity index (χ2v) is 9.19. The third kappa shape index (κ3) is 5.50. The maximum absolute atomic E-state index is 13.2. The zero-order valence-electron chi connectivity index (χ0n) is 21.0. The number of nitrogens with zero attached hydrogens (tertiary/aromatic N) is 2. The van der Waals surface area contributed by atoms with Crippen LogP contribution in [0.2, 0.25) is 0 Å². The highest BCUT2D eigenvalue weighted by Crippen LogP contribution is 2.39. The van der Waals surface area contributed by atoms with E-state index in [2.05, 4.69) is 6.92 Å². The topological polar surface area (TPSA) is 70.1 Å². The van der Waals surface area contributed by atoms with Crippen molar-refractivity contribution in [1.29, 1.82) is 0 Å². The van der Waals surface area contributed by atoms with Gasteiger partial charge in [-0.2, -0.15) is 0 Å². The summed E-state index contributed by atoms with van der Waals surface area (Å²) in [5.41, 5.74) is 3.59. The molecule has 3 aromatic carbocycles. The molecule has 4 rings (SSSR count). The van der Waals surface area contributed by atoms with Gasteiger partial charge in [-0.3, -0.25) is 9.59 Å². The van der Waals surface area contributed by atoms with Crippen LogP contribution in [-0.4, -0.2) is 53.8 Å². The lowest BCUT2D eigenvalue weighted by molar-refractivity contribution is -0.140. The van der Waals surface area contributed by atoms with E-state index in [0.29, 0.717) is 31.0 Å². The van der Waals surface area contributed by atoms with E-state index < -0.39 is 17.7 Å². The van der Waals surface area contributed by atoms with Gasteiger partial charge in [0.15, 0.2) is 0 Å². The molecule has 36 heavy (non-hydrogen) atoms. The Morgan fingerprint density at radius 2 is 1.58 bits per heavy atom. The fraction of sp³-hybridized carbons (Fsp3) is 0.267. The number of ether oxygens (including phenoxy) is 1. The summed E-state index contributed by atoms with van der Waals surface area (Å²) in [5.74, 6) is -0.792. The Kier molecular flexibility index (Phi) is 7.86. The molecule has 1 heterocycles. The normalized spacial score (nSPS) is 17.1. The Balaban J connectivity index is 1.65. The molecule has 1 amide bonds. The van der Waals surface area contributed by atoms with Crippen LogP contribution in [-0.2, 0) is 22.6 Å². The molecule has 1 fully saturated rings. The van der Waals surface area contributed by atoms with Crippen LogP contribution in [0.25, 0.3) is 5.76 Å². The van der Waals surface area contributed by atoms with E-state index in [1.807, 2.05) is 73.6 Å². The summed E-state index contributed by atoms with van der Waals surface area (Å²) in [7, 11) is 3.84. The van der Waals surface area contributed by atoms with Crippen molar-refractivity contribution in [2.45, 2.75) is 26.0 Å². The average Bonchev–Trinajstić information content (AvgIpc) is 3.16. The predicted octanol–water partition coefficient (Wildman–Crippen LogP) is 4.81. The maximum atomic E-state index is 13.2. The Bertz CT molecular complexity index is 1230. The number of likely N-dealkylation sites (tertiary alicyclic amines) is 1. The van der Waals surface area contributed by atoms with E-state index in [9.17, 15) is 14.7 Å². The van der Waals surface area contributed by atoms with Crippen LogP contribution in [0.5, 0.6) is 5.75 Å². The molecule has 0 saturated carbocycles. The summed E-state index contributed by atoms with van der Waals surface area (Å²) in [6.07, 6.45) is 0.889. The largest absolute Gasteiger partial charge is 0.507 e. The molecule has 1 unspecified atom stereocenters. The highest BCUT2D eigenvalue weighted by Gasteiger charge is 2.45. The summed E-state index contributed by atoms with van der Waals surface area (Å²) >= 11 is 0. The fourth-order valence-corrected chi connectivity index (χ4v) is 4.31. The summed E-state index contributed by atoms with van der Waals surface area (Å²) in [4.78, 5) is 29.7. The first-order chi connectivity index (χ1) is 17.4. The number of carbonyl (C=O) groups excluding carboxylic acids is 2. The summed E-state index contributed by atoms with van der Waals surface area (Å²) in [5, 5.41) is 11.3. The highest BCUT2D eigenvalue weighted by molar-refractivity contribution is 6.46. The Morgan fingerprint density at radius 1 is 0.917 bits per heavy atom. The number of benzene rings is 3. The standard InChI is InChI=1S/C30H32N2O4/c1-4-21-10-12-23(13-11-21)27-26(29(34)30(35)32(27)19-18-31(2)3)28(33)24-14-16-25(17-15-24)36-20-22-8-6-5-7-9-22/h5-17,27,33H,4,18-20H2,1-3H3/b28-26+. The van der Waals surface area contributed by atoms with E-state index in [4.69, 9.17) is 4.74 Å². The monoisotopic (exact) mass is 484 g/mol. The van der Waals surface area contributed by atoms with Crippen LogP contribution in [0, 0.1) is 0 Å². The number of likely N-dealkylation sites (N-methyl/N-ethyl adjacent to an activating group) is 1. The smallest absolute Gasteiger partial charge is 0.295 e. The molecule has 1 aliphatic heterocycles. The molecule has 6 heteroatoms. The lowest BCUT2D eigenvalue weighted by atomic mass is 9.94. The van der Waals surface area contributed by atoms with Gasteiger partial charge in [-0.25, -0.2) is 0 Å². The van der Waals surface area contributed by atoms with Crippen LogP contribution < -0.4 is 4.74 Å². The molecule has 6 nitrogen and oxygen atoms in total. The van der Waals surface area contributed by atoms with E-state index in [0.717, 1.165) is 23.1 Å². The van der Waals surface area contributed by atoms with Gasteiger partial charge in [-0.05, 0) is 61.5 Å². The SMILES string of the molecule is CCc1ccc(C2/C(=C(\O)c3ccc(OCc4ccccc4)cc3)C(=O)C(=O)N2CCN(C)C)cc1. The molecule has 186 valence electrons. The highest BCUT2D eigenvalue weighted by atomic mass is 16.5. The van der Waals surface area contributed by atoms with Crippen molar-refractivity contribution in [3.8, 4) is 5.75 Å². The quantitative estimate of drug-likeness (QED) is 0.268. The minimum absolute atomic E-state index is 0.112. The Labute approximate surface area is 212 Å². The van der Waals surface area contributed by atoms with Gasteiger partial charge in [0.1, 0.15) is 18.1 Å². The molecule has 1 atom stereocenters. The van der Waals surface area contributed by atoms with Crippen molar-refractivity contribution in [2.75, 3.05) is 27.2 Å². The third-order valence-electron chi connectivity index (χ3n) is 6.41. The van der Waals surface area contributed by atoms with Crippen molar-refractivity contribution in [1.82, 2.24) is 9.80 Å². The molecule has 1 saturated heterocycles. The number of aryl methyl sites for hydroxylation is 1. The molecule has 0 bridgehead atoms. The fourth-order valence-electron chi connectivity index (χ4n) is 4.31. The Morgan fingerprint density at radius 3 is 2.19 bits per heavy atom. The minimum Gasteiger partial charge on any atom is -0.507 e. The molecule has 0 aromatic heterocycles. The molecule has 0 aliphatic carbocycles. The van der Waals surface area contributed by atoms with Crippen LogP contribution in [0.3, 0.4) is 0 Å². The maximum Gasteiger partial charge on any atom is 0.295 e. The second kappa shape index (κ2) is 11.2. The first-order valence-corrected chi connectivity index (χ1v) is 12.2. The lowest BCUT2D eigenvalue weighted by Gasteiger charge is -2.26. The van der Waals surface area contributed by atoms with Gasteiger partial charge in [-0.15, -0.1) is 0 Å². The molecule has 0 radical (unpaired) electrons. The van der Waals surface area contributed by atoms with Gasteiger partial charge in [0.05, 0.1) is 11.6 Å². The van der Waals surface area contributed by atoms with Gasteiger partial charge in [-0.1, -0.05) is 61.5 Å². The molecule has 0 spiro atoms. The predicted molar refractivity (Wildman–Crippen MR) is 141 cm³/mol. The third-order valence-corrected chi connectivity index (χ3v) is 6.41. The molecular formula is C30H32N2O4. The number of carbonyl (C=O) groups is 2. The van der Waals surface area contributed by atoms with Gasteiger partial charge >= 0.3 is 0 Å². The number of ketones is 1. The van der Waals surface area contributed by atoms with Crippen LogP contribution >= 0.6 is 0 Å². The number of amides is 1. The minimum atomic E-state index is -0.666. The van der Waals surface area contributed by atoms with Crippen molar-refractivity contribution >= 4 is 17.4 Å². The van der Waals surface area contributed by atoms with Gasteiger partial charge < -0.3 is 19.6 Å². The average molecular weight is 485 g/mol. The number of hydrogen-bond donors (Lipinski definition) is 1. The summed E-state index contributed by atoms with van der Waals surface area (Å²) in [6.45, 7) is 3.48. The number of aliphatic hydroxyl groups excluding tert-OH is 1. The number of hydrogen-bond acceptors (Lipinski definition) is 5. The zero-order valence-corrected chi connectivity index (χ0v) is 21.0. The van der Waals surface area contributed by atoms with E-state index in [-0.39, 0.29) is 11.3 Å². The molecule has 3 aromatic rings. The van der Waals surface area contributed by atoms with Gasteiger partial charge in [0.2, 0.25) is 0 Å². The first kappa shape index (κ1) is 25.2. The molecule has 1 aliphatic rings. The van der Waals surface area contributed by atoms with Crippen LogP contribution in [0.15, 0.2) is 84.4 Å². The van der Waals surface area contributed by atoms with E-state index >= 15 is 0 Å². The van der Waals surface area contributed by atoms with Crippen molar-refractivity contribution in [2.24, 2.45) is 0 Å². The number of Topliss-reactive ketones (excluding diaryl/α,β-unsaturated/α-hetero) is 1. The summed E-state index contributed by atoms with van der Waals surface area (Å²) < 4.78 is 5.84. The van der Waals surface area contributed by atoms with Crippen molar-refractivity contribution in [3.05, 3.63) is 107 Å². The van der Waals surface area contributed by atoms with Crippen molar-refractivity contribution in [3.63, 3.8) is 0 Å². The van der Waals surface area contributed by atoms with E-state index in [1.165, 1.54) is 0 Å². The van der Waals surface area contributed by atoms with Crippen LogP contribution in [0.4, 0.5) is 0 Å². The zero-order chi connectivity index (χ0) is 25.7. The number of rotatable bonds is 9. The lowest BCUT2D eigenvalue weighted by Crippen LogP contribution is -2.35. The Hall–Kier alpha value is -3.90. The summed E-state index contributed by atoms with van der Waals surface area (Å²) in [6, 6.07) is 24.0. The van der Waals surface area contributed by atoms with Crippen LogP contribution in [0.1, 0.15) is 35.2 Å². The molecular weight excluding hydrogens is 452 g/mol. The first-order valence-electron chi connectivity index (χ1n) is 12.2. The van der Waals surface area contributed by atoms with Gasteiger partial charge in [0, 0.05) is 18.7 Å². The number of aliphatic hydroxyl groups is 1.